The molecular weight excluding hydrogens is 470 g/mol. The summed E-state index contributed by atoms with van der Waals surface area (Å²) in [7, 11) is -2.63. The molecule has 0 saturated heterocycles. The molecule has 0 unspecified atom stereocenters. The zero-order valence-electron chi connectivity index (χ0n) is 17.3. The van der Waals surface area contributed by atoms with Crippen LogP contribution in [0.3, 0.4) is 0 Å². The van der Waals surface area contributed by atoms with Crippen LogP contribution in [0.25, 0.3) is 0 Å². The van der Waals surface area contributed by atoms with E-state index in [0.717, 1.165) is 11.1 Å². The molecular formula is C22H16F5O3PS. The Hall–Kier alpha value is -2.51. The maximum Gasteiger partial charge on any atom is 0.530 e. The van der Waals surface area contributed by atoms with Crippen LogP contribution in [-0.4, -0.2) is 0 Å². The van der Waals surface area contributed by atoms with Crippen LogP contribution in [0.4, 0.5) is 22.0 Å². The molecule has 1 aliphatic rings. The van der Waals surface area contributed by atoms with Gasteiger partial charge in [0.25, 0.3) is 0 Å². The monoisotopic (exact) mass is 486 g/mol. The molecule has 32 heavy (non-hydrogen) atoms. The molecule has 0 bridgehead atoms. The lowest BCUT2D eigenvalue weighted by atomic mass is 10.1. The first-order valence-corrected chi connectivity index (χ1v) is 11.2. The quantitative estimate of drug-likeness (QED) is 0.160. The highest BCUT2D eigenvalue weighted by molar-refractivity contribution is 7.99. The van der Waals surface area contributed by atoms with Crippen molar-refractivity contribution in [3.63, 3.8) is 0 Å². The van der Waals surface area contributed by atoms with Gasteiger partial charge in [0, 0.05) is 0 Å². The minimum atomic E-state index is -2.63. The Kier molecular flexibility index (Phi) is 5.98. The second kappa shape index (κ2) is 8.45. The number of hydrogen-bond acceptors (Lipinski definition) is 4. The molecule has 168 valence electrons. The molecule has 3 aromatic rings. The van der Waals surface area contributed by atoms with Gasteiger partial charge in [-0.3, -0.25) is 0 Å². The number of aryl methyl sites for hydroxylation is 4. The fourth-order valence-corrected chi connectivity index (χ4v) is 5.92. The zero-order valence-corrected chi connectivity index (χ0v) is 19.0. The highest BCUT2D eigenvalue weighted by Crippen LogP contribution is 2.54. The van der Waals surface area contributed by atoms with Gasteiger partial charge in [0.15, 0.2) is 0 Å². The molecule has 4 rings (SSSR count). The van der Waals surface area contributed by atoms with Gasteiger partial charge in [0.2, 0.25) is 34.8 Å². The van der Waals surface area contributed by atoms with Crippen LogP contribution in [0.15, 0.2) is 34.1 Å². The number of hydrogen-bond donors (Lipinski definition) is 0. The van der Waals surface area contributed by atoms with E-state index in [4.69, 9.17) is 13.6 Å². The Balaban J connectivity index is 1.86. The van der Waals surface area contributed by atoms with Crippen molar-refractivity contribution in [1.82, 2.24) is 0 Å². The summed E-state index contributed by atoms with van der Waals surface area (Å²) in [6, 6.07) is 7.39. The number of rotatable bonds is 2. The Morgan fingerprint density at radius 2 is 1.06 bits per heavy atom. The molecule has 1 aliphatic heterocycles. The number of halogens is 5. The van der Waals surface area contributed by atoms with E-state index >= 15 is 0 Å². The number of benzene rings is 3. The number of fused-ring (bicyclic) bond motifs is 2. The summed E-state index contributed by atoms with van der Waals surface area (Å²) in [6.07, 6.45) is 0. The van der Waals surface area contributed by atoms with E-state index in [9.17, 15) is 22.0 Å². The van der Waals surface area contributed by atoms with Crippen LogP contribution in [0, 0.1) is 56.8 Å². The molecule has 0 aromatic heterocycles. The van der Waals surface area contributed by atoms with E-state index in [2.05, 4.69) is 0 Å². The van der Waals surface area contributed by atoms with E-state index in [0.29, 0.717) is 32.4 Å². The van der Waals surface area contributed by atoms with E-state index in [1.807, 2.05) is 38.1 Å². The van der Waals surface area contributed by atoms with Gasteiger partial charge in [0.1, 0.15) is 11.5 Å². The van der Waals surface area contributed by atoms with Gasteiger partial charge in [-0.05, 0) is 62.1 Å². The maximum atomic E-state index is 14.2. The smallest absolute Gasteiger partial charge is 0.407 e. The molecule has 1 heterocycles. The normalized spacial score (nSPS) is 13.4. The largest absolute Gasteiger partial charge is 0.530 e. The van der Waals surface area contributed by atoms with Crippen molar-refractivity contribution in [1.29, 1.82) is 0 Å². The van der Waals surface area contributed by atoms with Gasteiger partial charge in [-0.2, -0.15) is 8.78 Å². The molecule has 0 radical (unpaired) electrons. The van der Waals surface area contributed by atoms with Crippen LogP contribution in [-0.2, 0) is 0 Å². The second-order valence-corrected chi connectivity index (χ2v) is 9.40. The highest BCUT2D eigenvalue weighted by Gasteiger charge is 2.34. The predicted molar refractivity (Wildman–Crippen MR) is 111 cm³/mol. The van der Waals surface area contributed by atoms with Crippen molar-refractivity contribution < 1.29 is 35.5 Å². The van der Waals surface area contributed by atoms with Crippen molar-refractivity contribution in [2.45, 2.75) is 37.5 Å². The third kappa shape index (κ3) is 3.99. The minimum absolute atomic E-state index is 0.334. The minimum Gasteiger partial charge on any atom is -0.407 e. The predicted octanol–water partition coefficient (Wildman–Crippen LogP) is 7.84. The van der Waals surface area contributed by atoms with Gasteiger partial charge in [-0.25, -0.2) is 13.2 Å². The van der Waals surface area contributed by atoms with Crippen molar-refractivity contribution >= 4 is 20.4 Å². The van der Waals surface area contributed by atoms with E-state index in [1.54, 1.807) is 13.8 Å². The molecule has 0 spiro atoms. The first-order chi connectivity index (χ1) is 15.1. The Morgan fingerprint density at radius 3 is 1.50 bits per heavy atom. The van der Waals surface area contributed by atoms with Crippen LogP contribution < -0.4 is 13.6 Å². The van der Waals surface area contributed by atoms with Gasteiger partial charge in [0.05, 0.1) is 9.79 Å². The second-order valence-electron chi connectivity index (χ2n) is 7.32. The molecule has 0 fully saturated rings. The summed E-state index contributed by atoms with van der Waals surface area (Å²) in [5, 5.41) is 0. The van der Waals surface area contributed by atoms with Crippen molar-refractivity contribution in [3.05, 3.63) is 75.6 Å². The third-order valence-corrected chi connectivity index (χ3v) is 6.70. The Morgan fingerprint density at radius 1 is 0.656 bits per heavy atom. The van der Waals surface area contributed by atoms with Gasteiger partial charge < -0.3 is 13.6 Å². The standard InChI is InChI=1S/C22H16F5O3PS/c1-9-5-11(3)20-13(7-9)32-14-8-10(2)6-12(4)21(14)29-31(28-20)30-22-18(26)16(24)15(23)17(25)19(22)27/h5-8H,1-4H3. The summed E-state index contributed by atoms with van der Waals surface area (Å²) in [5.74, 6) is -11.5. The summed E-state index contributed by atoms with van der Waals surface area (Å²) in [4.78, 5) is 1.40. The van der Waals surface area contributed by atoms with E-state index in [-0.39, 0.29) is 0 Å². The summed E-state index contributed by atoms with van der Waals surface area (Å²) in [5.41, 5.74) is 3.29. The molecule has 0 amide bonds. The van der Waals surface area contributed by atoms with Crippen LogP contribution in [0.1, 0.15) is 22.3 Å². The zero-order chi connectivity index (χ0) is 23.3. The first kappa shape index (κ1) is 22.7. The molecule has 3 aromatic carbocycles. The highest BCUT2D eigenvalue weighted by atomic mass is 32.2. The topological polar surface area (TPSA) is 27.7 Å². The van der Waals surface area contributed by atoms with Gasteiger partial charge in [-0.1, -0.05) is 23.9 Å². The molecule has 10 heteroatoms. The fraction of sp³-hybridized carbons (Fsp3) is 0.182. The van der Waals surface area contributed by atoms with Crippen molar-refractivity contribution in [2.24, 2.45) is 0 Å². The molecule has 0 aliphatic carbocycles. The Bertz CT molecular complexity index is 1160. The molecule has 0 N–H and O–H groups in total. The molecule has 3 nitrogen and oxygen atoms in total. The molecule has 0 saturated carbocycles. The van der Waals surface area contributed by atoms with Crippen molar-refractivity contribution in [2.75, 3.05) is 0 Å². The lowest BCUT2D eigenvalue weighted by molar-refractivity contribution is 0.323. The average molecular weight is 486 g/mol. The average Bonchev–Trinajstić information content (AvgIpc) is 2.71. The Labute approximate surface area is 186 Å². The fourth-order valence-electron chi connectivity index (χ4n) is 3.28. The summed E-state index contributed by atoms with van der Waals surface area (Å²) in [6.45, 7) is 7.34. The van der Waals surface area contributed by atoms with E-state index < -0.39 is 43.4 Å². The van der Waals surface area contributed by atoms with Crippen LogP contribution in [0.2, 0.25) is 0 Å². The first-order valence-electron chi connectivity index (χ1n) is 9.32. The molecule has 0 atom stereocenters. The van der Waals surface area contributed by atoms with Crippen molar-refractivity contribution in [3.8, 4) is 17.2 Å². The van der Waals surface area contributed by atoms with Crippen LogP contribution >= 0.6 is 20.4 Å². The maximum absolute atomic E-state index is 14.2. The van der Waals surface area contributed by atoms with Gasteiger partial charge in [-0.15, -0.1) is 0 Å². The lowest BCUT2D eigenvalue weighted by Gasteiger charge is -2.26. The third-order valence-electron chi connectivity index (χ3n) is 4.66. The van der Waals surface area contributed by atoms with Gasteiger partial charge >= 0.3 is 8.60 Å². The summed E-state index contributed by atoms with van der Waals surface area (Å²) < 4.78 is 86.1. The van der Waals surface area contributed by atoms with E-state index in [1.165, 1.54) is 11.8 Å². The summed E-state index contributed by atoms with van der Waals surface area (Å²) >= 11 is 1.38. The SMILES string of the molecule is Cc1cc(C)c2c(c1)Sc1cc(C)cc(C)c1OP(Oc1c(F)c(F)c(F)c(F)c1F)O2. The van der Waals surface area contributed by atoms with Crippen LogP contribution in [0.5, 0.6) is 17.2 Å². The lowest BCUT2D eigenvalue weighted by Crippen LogP contribution is -2.11.